The number of anilines is 1. The van der Waals surface area contributed by atoms with E-state index >= 15 is 0 Å². The third-order valence-corrected chi connectivity index (χ3v) is 3.30. The maximum atomic E-state index is 12.7. The zero-order valence-electron chi connectivity index (χ0n) is 8.37. The predicted molar refractivity (Wildman–Crippen MR) is 59.9 cm³/mol. The molecule has 0 fully saturated rings. The van der Waals surface area contributed by atoms with E-state index in [0.29, 0.717) is 11.4 Å². The maximum Gasteiger partial charge on any atom is 0.221 e. The van der Waals surface area contributed by atoms with Gasteiger partial charge in [-0.3, -0.25) is 4.79 Å². The van der Waals surface area contributed by atoms with Crippen molar-refractivity contribution in [2.24, 2.45) is 11.7 Å². The molecule has 0 saturated carbocycles. The van der Waals surface area contributed by atoms with Crippen molar-refractivity contribution in [1.82, 2.24) is 0 Å². The standard InChI is InChI=1S/C10H13FN2OS/c1-6(10(13)14)5-15-9-3-2-7(11)4-8(9)12/h2-4,6H,5,12H2,1H3,(H2,13,14). The van der Waals surface area contributed by atoms with Crippen LogP contribution in [0.3, 0.4) is 0 Å². The minimum Gasteiger partial charge on any atom is -0.398 e. The number of rotatable bonds is 4. The fourth-order valence-electron chi connectivity index (χ4n) is 0.948. The van der Waals surface area contributed by atoms with E-state index in [4.69, 9.17) is 11.5 Å². The highest BCUT2D eigenvalue weighted by Gasteiger charge is 2.10. The predicted octanol–water partition coefficient (Wildman–Crippen LogP) is 1.62. The first-order valence-corrected chi connectivity index (χ1v) is 5.46. The molecule has 1 atom stereocenters. The van der Waals surface area contributed by atoms with Gasteiger partial charge in [0.05, 0.1) is 0 Å². The Labute approximate surface area is 92.0 Å². The normalized spacial score (nSPS) is 12.4. The summed E-state index contributed by atoms with van der Waals surface area (Å²) in [6.45, 7) is 1.75. The lowest BCUT2D eigenvalue weighted by atomic mass is 10.2. The van der Waals surface area contributed by atoms with Crippen LogP contribution in [0.15, 0.2) is 23.1 Å². The third kappa shape index (κ3) is 3.43. The minimum atomic E-state index is -0.361. The highest BCUT2D eigenvalue weighted by Crippen LogP contribution is 2.27. The average molecular weight is 228 g/mol. The van der Waals surface area contributed by atoms with Crippen molar-refractivity contribution < 1.29 is 9.18 Å². The molecule has 0 bridgehead atoms. The summed E-state index contributed by atoms with van der Waals surface area (Å²) in [4.78, 5) is 11.5. The summed E-state index contributed by atoms with van der Waals surface area (Å²) in [6.07, 6.45) is 0. The number of thioether (sulfide) groups is 1. The maximum absolute atomic E-state index is 12.7. The van der Waals surface area contributed by atoms with Crippen LogP contribution in [0.1, 0.15) is 6.92 Å². The van der Waals surface area contributed by atoms with E-state index in [1.54, 1.807) is 13.0 Å². The molecule has 0 spiro atoms. The molecule has 0 aliphatic rings. The number of halogens is 1. The van der Waals surface area contributed by atoms with Gasteiger partial charge in [0.2, 0.25) is 5.91 Å². The Hall–Kier alpha value is -1.23. The molecule has 0 aliphatic heterocycles. The number of carbonyl (C=O) groups excluding carboxylic acids is 1. The number of nitrogens with two attached hydrogens (primary N) is 2. The summed E-state index contributed by atoms with van der Waals surface area (Å²) in [5.74, 6) is -0.382. The van der Waals surface area contributed by atoms with Gasteiger partial charge in [0.1, 0.15) is 5.82 Å². The van der Waals surface area contributed by atoms with Crippen molar-refractivity contribution in [3.05, 3.63) is 24.0 Å². The Morgan fingerprint density at radius 3 is 2.80 bits per heavy atom. The van der Waals surface area contributed by atoms with Gasteiger partial charge in [0.25, 0.3) is 0 Å². The van der Waals surface area contributed by atoms with Crippen LogP contribution in [0, 0.1) is 11.7 Å². The molecule has 0 aliphatic carbocycles. The SMILES string of the molecule is CC(CSc1ccc(F)cc1N)C(N)=O. The highest BCUT2D eigenvalue weighted by molar-refractivity contribution is 7.99. The van der Waals surface area contributed by atoms with Crippen LogP contribution in [0.2, 0.25) is 0 Å². The summed E-state index contributed by atoms with van der Waals surface area (Å²) in [5.41, 5.74) is 11.1. The Bertz CT molecular complexity index is 370. The Morgan fingerprint density at radius 2 is 2.27 bits per heavy atom. The van der Waals surface area contributed by atoms with Gasteiger partial charge in [-0.25, -0.2) is 4.39 Å². The number of hydrogen-bond donors (Lipinski definition) is 2. The van der Waals surface area contributed by atoms with Crippen molar-refractivity contribution >= 4 is 23.4 Å². The number of amides is 1. The molecule has 1 aromatic carbocycles. The number of primary amides is 1. The quantitative estimate of drug-likeness (QED) is 0.607. The lowest BCUT2D eigenvalue weighted by Crippen LogP contribution is -2.22. The number of nitrogen functional groups attached to an aromatic ring is 1. The molecule has 4 N–H and O–H groups in total. The minimum absolute atomic E-state index is 0.223. The van der Waals surface area contributed by atoms with E-state index in [-0.39, 0.29) is 17.6 Å². The van der Waals surface area contributed by atoms with E-state index in [1.165, 1.54) is 23.9 Å². The molecule has 15 heavy (non-hydrogen) atoms. The second-order valence-electron chi connectivity index (χ2n) is 3.30. The fourth-order valence-corrected chi connectivity index (χ4v) is 1.93. The van der Waals surface area contributed by atoms with E-state index in [2.05, 4.69) is 0 Å². The van der Waals surface area contributed by atoms with E-state index in [9.17, 15) is 9.18 Å². The molecule has 0 radical (unpaired) electrons. The third-order valence-electron chi connectivity index (χ3n) is 1.95. The summed E-state index contributed by atoms with van der Waals surface area (Å²) < 4.78 is 12.7. The molecule has 1 amide bonds. The average Bonchev–Trinajstić information content (AvgIpc) is 2.15. The molecular weight excluding hydrogens is 215 g/mol. The highest BCUT2D eigenvalue weighted by atomic mass is 32.2. The zero-order valence-corrected chi connectivity index (χ0v) is 9.18. The number of hydrogen-bond acceptors (Lipinski definition) is 3. The van der Waals surface area contributed by atoms with Crippen LogP contribution >= 0.6 is 11.8 Å². The van der Waals surface area contributed by atoms with Gasteiger partial charge < -0.3 is 11.5 Å². The summed E-state index contributed by atoms with van der Waals surface area (Å²) >= 11 is 1.40. The van der Waals surface area contributed by atoms with Gasteiger partial charge in [-0.05, 0) is 18.2 Å². The lowest BCUT2D eigenvalue weighted by Gasteiger charge is -2.08. The van der Waals surface area contributed by atoms with E-state index < -0.39 is 0 Å². The smallest absolute Gasteiger partial charge is 0.221 e. The first-order chi connectivity index (χ1) is 7.00. The van der Waals surface area contributed by atoms with Gasteiger partial charge in [0, 0.05) is 22.3 Å². The summed E-state index contributed by atoms with van der Waals surface area (Å²) in [5, 5.41) is 0. The largest absolute Gasteiger partial charge is 0.398 e. The molecule has 82 valence electrons. The molecular formula is C10H13FN2OS. The molecule has 1 unspecified atom stereocenters. The van der Waals surface area contributed by atoms with Gasteiger partial charge >= 0.3 is 0 Å². The van der Waals surface area contributed by atoms with E-state index in [1.807, 2.05) is 0 Å². The topological polar surface area (TPSA) is 69.1 Å². The van der Waals surface area contributed by atoms with E-state index in [0.717, 1.165) is 4.90 Å². The molecule has 3 nitrogen and oxygen atoms in total. The molecule has 1 aromatic rings. The van der Waals surface area contributed by atoms with Crippen LogP contribution < -0.4 is 11.5 Å². The summed E-state index contributed by atoms with van der Waals surface area (Å²) in [6, 6.07) is 4.20. The Kier molecular flexibility index (Phi) is 3.96. The van der Waals surface area contributed by atoms with Gasteiger partial charge in [-0.1, -0.05) is 6.92 Å². The first kappa shape index (κ1) is 11.8. The van der Waals surface area contributed by atoms with Gasteiger partial charge in [0.15, 0.2) is 0 Å². The molecule has 1 rings (SSSR count). The van der Waals surface area contributed by atoms with Gasteiger partial charge in [-0.2, -0.15) is 0 Å². The lowest BCUT2D eigenvalue weighted by molar-refractivity contribution is -0.120. The number of carbonyl (C=O) groups is 1. The monoisotopic (exact) mass is 228 g/mol. The van der Waals surface area contributed by atoms with Crippen LogP contribution in [0.5, 0.6) is 0 Å². The second kappa shape index (κ2) is 5.02. The van der Waals surface area contributed by atoms with Crippen molar-refractivity contribution in [3.8, 4) is 0 Å². The zero-order chi connectivity index (χ0) is 11.4. The fraction of sp³-hybridized carbons (Fsp3) is 0.300. The van der Waals surface area contributed by atoms with Crippen LogP contribution in [-0.4, -0.2) is 11.7 Å². The molecule has 0 saturated heterocycles. The molecule has 5 heteroatoms. The second-order valence-corrected chi connectivity index (χ2v) is 4.36. The van der Waals surface area contributed by atoms with Gasteiger partial charge in [-0.15, -0.1) is 11.8 Å². The van der Waals surface area contributed by atoms with Crippen LogP contribution in [0.25, 0.3) is 0 Å². The van der Waals surface area contributed by atoms with Crippen molar-refractivity contribution in [1.29, 1.82) is 0 Å². The Balaban J connectivity index is 2.62. The van der Waals surface area contributed by atoms with Crippen molar-refractivity contribution in [2.45, 2.75) is 11.8 Å². The van der Waals surface area contributed by atoms with Crippen LogP contribution in [-0.2, 0) is 4.79 Å². The molecule has 0 heterocycles. The molecule has 0 aromatic heterocycles. The summed E-state index contributed by atoms with van der Waals surface area (Å²) in [7, 11) is 0. The van der Waals surface area contributed by atoms with Crippen molar-refractivity contribution in [2.75, 3.05) is 11.5 Å². The first-order valence-electron chi connectivity index (χ1n) is 4.48. The number of benzene rings is 1. The van der Waals surface area contributed by atoms with Crippen molar-refractivity contribution in [3.63, 3.8) is 0 Å². The van der Waals surface area contributed by atoms with Crippen LogP contribution in [0.4, 0.5) is 10.1 Å². The Morgan fingerprint density at radius 1 is 1.60 bits per heavy atom.